The maximum absolute atomic E-state index is 12.0. The predicted octanol–water partition coefficient (Wildman–Crippen LogP) is 3.53. The molecule has 0 saturated heterocycles. The van der Waals surface area contributed by atoms with Crippen LogP contribution >= 0.6 is 23.2 Å². The lowest BCUT2D eigenvalue weighted by Gasteiger charge is -2.15. The second-order valence-corrected chi connectivity index (χ2v) is 4.78. The first-order valence-corrected chi connectivity index (χ1v) is 6.99. The van der Waals surface area contributed by atoms with Gasteiger partial charge in [-0.2, -0.15) is 0 Å². The van der Waals surface area contributed by atoms with Crippen LogP contribution in [0, 0.1) is 0 Å². The first kappa shape index (κ1) is 17.1. The summed E-state index contributed by atoms with van der Waals surface area (Å²) in [4.78, 5) is 24.0. The molecule has 0 saturated carbocycles. The zero-order valence-electron chi connectivity index (χ0n) is 11.3. The molecule has 0 bridgehead atoms. The third kappa shape index (κ3) is 4.87. The molecule has 6 heteroatoms. The highest BCUT2D eigenvalue weighted by molar-refractivity contribution is 6.37. The van der Waals surface area contributed by atoms with Gasteiger partial charge in [0.05, 0.1) is 11.4 Å². The molecule has 0 aromatic heterocycles. The number of carbonyl (C=O) groups excluding carboxylic acids is 2. The van der Waals surface area contributed by atoms with E-state index < -0.39 is 12.1 Å². The fraction of sp³-hybridized carbons (Fsp3) is 0.429. The van der Waals surface area contributed by atoms with Crippen molar-refractivity contribution in [2.45, 2.75) is 26.6 Å². The van der Waals surface area contributed by atoms with Crippen LogP contribution in [0.1, 0.15) is 30.6 Å². The molecule has 0 aliphatic heterocycles. The fourth-order valence-corrected chi connectivity index (χ4v) is 2.10. The van der Waals surface area contributed by atoms with Gasteiger partial charge in [-0.15, -0.1) is 0 Å². The molecule has 1 aromatic rings. The van der Waals surface area contributed by atoms with Gasteiger partial charge >= 0.3 is 0 Å². The van der Waals surface area contributed by atoms with Crippen molar-refractivity contribution in [3.63, 3.8) is 0 Å². The zero-order valence-corrected chi connectivity index (χ0v) is 12.8. The van der Waals surface area contributed by atoms with E-state index in [2.05, 4.69) is 0 Å². The summed E-state index contributed by atoms with van der Waals surface area (Å²) in [5.74, 6) is -0.814. The third-order valence-corrected chi connectivity index (χ3v) is 3.01. The van der Waals surface area contributed by atoms with Crippen LogP contribution in [0.4, 0.5) is 0 Å². The molecule has 1 rings (SSSR count). The van der Waals surface area contributed by atoms with E-state index in [1.807, 2.05) is 0 Å². The van der Waals surface area contributed by atoms with E-state index >= 15 is 0 Å². The van der Waals surface area contributed by atoms with Crippen molar-refractivity contribution in [3.05, 3.63) is 33.8 Å². The molecule has 4 nitrogen and oxygen atoms in total. The second kappa shape index (κ2) is 8.37. The Morgan fingerprint density at radius 1 is 1.15 bits per heavy atom. The van der Waals surface area contributed by atoms with Crippen molar-refractivity contribution in [2.75, 3.05) is 13.2 Å². The standard InChI is InChI=1S/C14H16Cl2O4/c1-3-19-14(20-4-2)13(18)8-12(17)10-6-5-9(15)7-11(10)16/h5-7,14H,3-4,8H2,1-2H3. The molecule has 1 aromatic carbocycles. The summed E-state index contributed by atoms with van der Waals surface area (Å²) in [6.07, 6.45) is -1.34. The van der Waals surface area contributed by atoms with E-state index in [0.717, 1.165) is 0 Å². The van der Waals surface area contributed by atoms with Crippen molar-refractivity contribution >= 4 is 34.8 Å². The minimum absolute atomic E-state index is 0.222. The average Bonchev–Trinajstić information content (AvgIpc) is 2.38. The Bertz CT molecular complexity index is 482. The van der Waals surface area contributed by atoms with Gasteiger partial charge < -0.3 is 9.47 Å². The number of hydrogen-bond acceptors (Lipinski definition) is 4. The summed E-state index contributed by atoms with van der Waals surface area (Å²) in [6.45, 7) is 4.15. The Kier molecular flexibility index (Phi) is 7.16. The minimum Gasteiger partial charge on any atom is -0.346 e. The topological polar surface area (TPSA) is 52.6 Å². The largest absolute Gasteiger partial charge is 0.346 e. The monoisotopic (exact) mass is 318 g/mol. The molecule has 0 fully saturated rings. The van der Waals surface area contributed by atoms with Gasteiger partial charge in [0.25, 0.3) is 0 Å². The van der Waals surface area contributed by atoms with Crippen LogP contribution in [-0.2, 0) is 14.3 Å². The lowest BCUT2D eigenvalue weighted by atomic mass is 10.1. The van der Waals surface area contributed by atoms with Crippen LogP contribution in [-0.4, -0.2) is 31.1 Å². The number of hydrogen-bond donors (Lipinski definition) is 0. The van der Waals surface area contributed by atoms with Gasteiger partial charge in [-0.1, -0.05) is 23.2 Å². The quantitative estimate of drug-likeness (QED) is 0.418. The molecular formula is C14H16Cl2O4. The molecule has 0 heterocycles. The van der Waals surface area contributed by atoms with Gasteiger partial charge in [0, 0.05) is 23.8 Å². The molecule has 0 radical (unpaired) electrons. The van der Waals surface area contributed by atoms with Gasteiger partial charge in [0.1, 0.15) is 0 Å². The summed E-state index contributed by atoms with van der Waals surface area (Å²) < 4.78 is 10.3. The van der Waals surface area contributed by atoms with Crippen LogP contribution in [0.25, 0.3) is 0 Å². The van der Waals surface area contributed by atoms with Crippen molar-refractivity contribution in [1.29, 1.82) is 0 Å². The van der Waals surface area contributed by atoms with Crippen LogP contribution in [0.3, 0.4) is 0 Å². The number of ether oxygens (including phenoxy) is 2. The number of halogens is 2. The lowest BCUT2D eigenvalue weighted by molar-refractivity contribution is -0.166. The second-order valence-electron chi connectivity index (χ2n) is 3.93. The summed E-state index contributed by atoms with van der Waals surface area (Å²) in [6, 6.07) is 4.51. The van der Waals surface area contributed by atoms with E-state index in [-0.39, 0.29) is 22.8 Å². The minimum atomic E-state index is -1.01. The maximum Gasteiger partial charge on any atom is 0.218 e. The fourth-order valence-electron chi connectivity index (χ4n) is 1.59. The number of rotatable bonds is 8. The van der Waals surface area contributed by atoms with Gasteiger partial charge in [-0.25, -0.2) is 0 Å². The molecular weight excluding hydrogens is 303 g/mol. The van der Waals surface area contributed by atoms with Crippen LogP contribution in [0.5, 0.6) is 0 Å². The number of Topliss-reactive ketones (excluding diaryl/α,β-unsaturated/α-hetero) is 2. The Labute approximate surface area is 128 Å². The smallest absolute Gasteiger partial charge is 0.218 e. The molecule has 0 unspecified atom stereocenters. The summed E-state index contributed by atoms with van der Waals surface area (Å²) in [7, 11) is 0. The highest BCUT2D eigenvalue weighted by Gasteiger charge is 2.23. The normalized spacial score (nSPS) is 10.8. The summed E-state index contributed by atoms with van der Waals surface area (Å²) in [5, 5.41) is 0.652. The molecule has 110 valence electrons. The third-order valence-electron chi connectivity index (χ3n) is 2.47. The van der Waals surface area contributed by atoms with Crippen molar-refractivity contribution < 1.29 is 19.1 Å². The Morgan fingerprint density at radius 3 is 2.25 bits per heavy atom. The number of ketones is 2. The van der Waals surface area contributed by atoms with Crippen molar-refractivity contribution in [3.8, 4) is 0 Å². The van der Waals surface area contributed by atoms with Crippen LogP contribution < -0.4 is 0 Å². The molecule has 0 amide bonds. The van der Waals surface area contributed by atoms with Crippen molar-refractivity contribution in [2.24, 2.45) is 0 Å². The van der Waals surface area contributed by atoms with Gasteiger partial charge in [0.15, 0.2) is 11.6 Å². The first-order valence-electron chi connectivity index (χ1n) is 6.23. The van der Waals surface area contributed by atoms with Gasteiger partial charge in [-0.3, -0.25) is 9.59 Å². The molecule has 0 spiro atoms. The maximum atomic E-state index is 12.0. The Balaban J connectivity index is 2.75. The predicted molar refractivity (Wildman–Crippen MR) is 77.5 cm³/mol. The van der Waals surface area contributed by atoms with E-state index in [4.69, 9.17) is 32.7 Å². The number of carbonyl (C=O) groups is 2. The summed E-state index contributed by atoms with van der Waals surface area (Å²) >= 11 is 11.7. The van der Waals surface area contributed by atoms with E-state index in [1.54, 1.807) is 19.9 Å². The molecule has 0 N–H and O–H groups in total. The molecule has 0 aliphatic carbocycles. The van der Waals surface area contributed by atoms with E-state index in [9.17, 15) is 9.59 Å². The van der Waals surface area contributed by atoms with Crippen molar-refractivity contribution in [1.82, 2.24) is 0 Å². The van der Waals surface area contributed by atoms with Gasteiger partial charge in [-0.05, 0) is 32.0 Å². The SMILES string of the molecule is CCOC(OCC)C(=O)CC(=O)c1ccc(Cl)cc1Cl. The molecule has 0 atom stereocenters. The average molecular weight is 319 g/mol. The first-order chi connectivity index (χ1) is 9.49. The van der Waals surface area contributed by atoms with Crippen LogP contribution in [0.2, 0.25) is 10.0 Å². The molecule has 0 aliphatic rings. The summed E-state index contributed by atoms with van der Waals surface area (Å²) in [5.41, 5.74) is 0.260. The lowest BCUT2D eigenvalue weighted by Crippen LogP contribution is -2.29. The van der Waals surface area contributed by atoms with Gasteiger partial charge in [0.2, 0.25) is 6.29 Å². The van der Waals surface area contributed by atoms with Crippen LogP contribution in [0.15, 0.2) is 18.2 Å². The Morgan fingerprint density at radius 2 is 1.75 bits per heavy atom. The number of benzene rings is 1. The van der Waals surface area contributed by atoms with E-state index in [0.29, 0.717) is 18.2 Å². The van der Waals surface area contributed by atoms with E-state index in [1.165, 1.54) is 12.1 Å². The Hall–Kier alpha value is -0.940. The zero-order chi connectivity index (χ0) is 15.1. The highest BCUT2D eigenvalue weighted by atomic mass is 35.5. The molecule has 20 heavy (non-hydrogen) atoms. The highest BCUT2D eigenvalue weighted by Crippen LogP contribution is 2.22.